The molecule has 0 unspecified atom stereocenters. The maximum atomic E-state index is 13.1. The number of anilines is 1. The van der Waals surface area contributed by atoms with Gasteiger partial charge in [0.25, 0.3) is 5.91 Å². The molecule has 162 valence electrons. The molecule has 31 heavy (non-hydrogen) atoms. The number of carbonyl (C=O) groups is 2. The Morgan fingerprint density at radius 2 is 1.94 bits per heavy atom. The van der Waals surface area contributed by atoms with Gasteiger partial charge in [0.1, 0.15) is 5.66 Å². The van der Waals surface area contributed by atoms with Crippen LogP contribution in [0.4, 0.5) is 5.69 Å². The van der Waals surface area contributed by atoms with Crippen molar-refractivity contribution in [2.45, 2.75) is 44.7 Å². The average molecular weight is 438 g/mol. The minimum atomic E-state index is -0.460. The molecule has 2 bridgehead atoms. The summed E-state index contributed by atoms with van der Waals surface area (Å²) in [5.41, 5.74) is 2.14. The minimum Gasteiger partial charge on any atom is -0.362 e. The van der Waals surface area contributed by atoms with Crippen molar-refractivity contribution in [1.82, 2.24) is 10.6 Å². The number of amides is 2. The summed E-state index contributed by atoms with van der Waals surface area (Å²) in [4.78, 5) is 25.9. The fraction of sp³-hybridized carbons (Fsp3) is 0.440. The largest absolute Gasteiger partial charge is 0.362 e. The highest BCUT2D eigenvalue weighted by molar-refractivity contribution is 6.30. The van der Waals surface area contributed by atoms with Gasteiger partial charge in [0, 0.05) is 29.1 Å². The second-order valence-corrected chi connectivity index (χ2v) is 10.1. The molecule has 3 N–H and O–H groups in total. The number of benzene rings is 2. The first-order valence-corrected chi connectivity index (χ1v) is 11.5. The fourth-order valence-corrected chi connectivity index (χ4v) is 6.08. The van der Waals surface area contributed by atoms with E-state index in [-0.39, 0.29) is 29.1 Å². The van der Waals surface area contributed by atoms with Gasteiger partial charge in [-0.1, -0.05) is 42.8 Å². The fourth-order valence-electron chi connectivity index (χ4n) is 5.96. The maximum Gasteiger partial charge on any atom is 0.255 e. The van der Waals surface area contributed by atoms with Crippen LogP contribution >= 0.6 is 11.6 Å². The number of hydrogen-bond donors (Lipinski definition) is 3. The Morgan fingerprint density at radius 3 is 2.71 bits per heavy atom. The number of para-hydroxylation sites is 1. The Balaban J connectivity index is 1.27. The summed E-state index contributed by atoms with van der Waals surface area (Å²) in [6, 6.07) is 15.4. The van der Waals surface area contributed by atoms with E-state index in [4.69, 9.17) is 11.6 Å². The van der Waals surface area contributed by atoms with Crippen molar-refractivity contribution in [2.24, 2.45) is 17.3 Å². The molecule has 1 spiro atoms. The molecule has 6 rings (SSSR count). The van der Waals surface area contributed by atoms with Crippen LogP contribution in [-0.4, -0.2) is 24.0 Å². The standard InChI is InChI=1S/C25H28ClN3O2/c1-24-12-10-17(25(15-24)28-21-5-3-2-4-19(21)22(30)29-25)14-20(24)23(31)27-13-11-16-6-8-18(26)9-7-16/h2-9,17,20,28H,10-15H2,1H3,(H,27,31)(H,29,30)/t17-,20-,24+,25-/m1/s1. The Labute approximate surface area is 187 Å². The van der Waals surface area contributed by atoms with Crippen LogP contribution in [0, 0.1) is 17.3 Å². The van der Waals surface area contributed by atoms with Crippen LogP contribution in [0.15, 0.2) is 48.5 Å². The van der Waals surface area contributed by atoms with Crippen molar-refractivity contribution in [3.05, 3.63) is 64.7 Å². The zero-order chi connectivity index (χ0) is 21.6. The Hall–Kier alpha value is -2.53. The molecule has 0 radical (unpaired) electrons. The highest BCUT2D eigenvalue weighted by atomic mass is 35.5. The van der Waals surface area contributed by atoms with E-state index < -0.39 is 5.66 Å². The molecule has 3 fully saturated rings. The van der Waals surface area contributed by atoms with Crippen LogP contribution in [0.3, 0.4) is 0 Å². The normalized spacial score (nSPS) is 31.0. The summed E-state index contributed by atoms with van der Waals surface area (Å²) in [5, 5.41) is 10.8. The summed E-state index contributed by atoms with van der Waals surface area (Å²) in [7, 11) is 0. The van der Waals surface area contributed by atoms with Gasteiger partial charge in [-0.15, -0.1) is 0 Å². The Kier molecular flexibility index (Phi) is 4.97. The van der Waals surface area contributed by atoms with Crippen molar-refractivity contribution in [1.29, 1.82) is 0 Å². The molecule has 0 aromatic heterocycles. The third-order valence-corrected chi connectivity index (χ3v) is 7.87. The Morgan fingerprint density at radius 1 is 1.16 bits per heavy atom. The van der Waals surface area contributed by atoms with Crippen molar-refractivity contribution in [3.8, 4) is 0 Å². The lowest BCUT2D eigenvalue weighted by Gasteiger charge is -2.60. The third-order valence-electron chi connectivity index (χ3n) is 7.61. The molecule has 4 atom stereocenters. The number of rotatable bonds is 4. The average Bonchev–Trinajstić information content (AvgIpc) is 2.74. The first-order chi connectivity index (χ1) is 14.9. The molecule has 2 aromatic rings. The van der Waals surface area contributed by atoms with Crippen LogP contribution in [0.25, 0.3) is 0 Å². The van der Waals surface area contributed by atoms with Gasteiger partial charge in [0.15, 0.2) is 0 Å². The summed E-state index contributed by atoms with van der Waals surface area (Å²) in [5.74, 6) is 0.324. The second-order valence-electron chi connectivity index (χ2n) is 9.62. The molecule has 3 saturated carbocycles. The molecule has 3 aliphatic carbocycles. The smallest absolute Gasteiger partial charge is 0.255 e. The Bertz CT molecular complexity index is 1020. The molecule has 6 heteroatoms. The minimum absolute atomic E-state index is 0.0190. The highest BCUT2D eigenvalue weighted by Crippen LogP contribution is 2.58. The van der Waals surface area contributed by atoms with Crippen LogP contribution in [0.5, 0.6) is 0 Å². The van der Waals surface area contributed by atoms with E-state index in [2.05, 4.69) is 22.9 Å². The van der Waals surface area contributed by atoms with Gasteiger partial charge in [0.05, 0.1) is 5.56 Å². The molecule has 1 heterocycles. The van der Waals surface area contributed by atoms with Gasteiger partial charge in [-0.05, 0) is 67.3 Å². The zero-order valence-electron chi connectivity index (χ0n) is 17.7. The van der Waals surface area contributed by atoms with Gasteiger partial charge in [-0.25, -0.2) is 0 Å². The molecule has 2 amide bonds. The van der Waals surface area contributed by atoms with Crippen molar-refractivity contribution >= 4 is 29.1 Å². The van der Waals surface area contributed by atoms with E-state index in [0.717, 1.165) is 48.4 Å². The predicted octanol–water partition coefficient (Wildman–Crippen LogP) is 4.38. The molecule has 4 aliphatic rings. The van der Waals surface area contributed by atoms with E-state index in [9.17, 15) is 9.59 Å². The zero-order valence-corrected chi connectivity index (χ0v) is 18.5. The molecular formula is C25H28ClN3O2. The SMILES string of the molecule is C[C@@]12CC[C@H](C[C@@H]1C(=O)NCCc1ccc(Cl)cc1)[C@@]1(C2)NC(=O)c2ccccc2N1. The number of nitrogens with one attached hydrogen (secondary N) is 3. The first-order valence-electron chi connectivity index (χ1n) is 11.1. The number of halogens is 1. The van der Waals surface area contributed by atoms with E-state index in [1.54, 1.807) is 0 Å². The maximum absolute atomic E-state index is 13.1. The van der Waals surface area contributed by atoms with Crippen LogP contribution in [-0.2, 0) is 11.2 Å². The predicted molar refractivity (Wildman–Crippen MR) is 122 cm³/mol. The van der Waals surface area contributed by atoms with Gasteiger partial charge in [0.2, 0.25) is 5.91 Å². The summed E-state index contributed by atoms with van der Waals surface area (Å²) in [6.07, 6.45) is 4.36. The van der Waals surface area contributed by atoms with E-state index in [1.807, 2.05) is 48.5 Å². The van der Waals surface area contributed by atoms with Gasteiger partial charge in [-0.3, -0.25) is 9.59 Å². The molecule has 5 nitrogen and oxygen atoms in total. The topological polar surface area (TPSA) is 70.2 Å². The lowest BCUT2D eigenvalue weighted by molar-refractivity contribution is -0.139. The van der Waals surface area contributed by atoms with Crippen molar-refractivity contribution < 1.29 is 9.59 Å². The third kappa shape index (κ3) is 3.59. The van der Waals surface area contributed by atoms with Crippen LogP contribution in [0.2, 0.25) is 5.02 Å². The van der Waals surface area contributed by atoms with Gasteiger partial charge in [-0.2, -0.15) is 0 Å². The quantitative estimate of drug-likeness (QED) is 0.664. The molecule has 2 aromatic carbocycles. The van der Waals surface area contributed by atoms with Crippen molar-refractivity contribution in [2.75, 3.05) is 11.9 Å². The van der Waals surface area contributed by atoms with E-state index >= 15 is 0 Å². The summed E-state index contributed by atoms with van der Waals surface area (Å²) >= 11 is 5.95. The number of fused-ring (bicyclic) bond motifs is 3. The van der Waals surface area contributed by atoms with Crippen LogP contribution < -0.4 is 16.0 Å². The van der Waals surface area contributed by atoms with Gasteiger partial charge >= 0.3 is 0 Å². The summed E-state index contributed by atoms with van der Waals surface area (Å²) in [6.45, 7) is 2.83. The van der Waals surface area contributed by atoms with E-state index in [0.29, 0.717) is 12.1 Å². The number of carbonyl (C=O) groups excluding carboxylic acids is 2. The second kappa shape index (κ2) is 7.56. The highest BCUT2D eigenvalue weighted by Gasteiger charge is 2.60. The summed E-state index contributed by atoms with van der Waals surface area (Å²) < 4.78 is 0. The van der Waals surface area contributed by atoms with Crippen molar-refractivity contribution in [3.63, 3.8) is 0 Å². The van der Waals surface area contributed by atoms with Gasteiger partial charge < -0.3 is 16.0 Å². The number of hydrogen-bond acceptors (Lipinski definition) is 3. The van der Waals surface area contributed by atoms with Crippen LogP contribution in [0.1, 0.15) is 48.5 Å². The first kappa shape index (κ1) is 20.4. The monoisotopic (exact) mass is 437 g/mol. The lowest BCUT2D eigenvalue weighted by Crippen LogP contribution is -2.70. The van der Waals surface area contributed by atoms with E-state index in [1.165, 1.54) is 0 Å². The molecule has 1 aliphatic heterocycles. The molecular weight excluding hydrogens is 410 g/mol. The lowest BCUT2D eigenvalue weighted by atomic mass is 9.51. The molecule has 0 saturated heterocycles.